The Morgan fingerprint density at radius 3 is 2.93 bits per heavy atom. The summed E-state index contributed by atoms with van der Waals surface area (Å²) >= 11 is 1.57. The third kappa shape index (κ3) is 5.39. The number of nitrogens with one attached hydrogen (secondary N) is 1. The fraction of sp³-hybridized carbons (Fsp3) is 0.435. The number of Topliss-reactive ketones (excluding diaryl/α,β-unsaturated/α-hetero) is 1. The van der Waals surface area contributed by atoms with E-state index in [1.54, 1.807) is 18.4 Å². The first-order valence-corrected chi connectivity index (χ1v) is 10.9. The quantitative estimate of drug-likeness (QED) is 0.693. The molecule has 1 unspecified atom stereocenters. The number of benzene rings is 1. The average molecular weight is 427 g/mol. The van der Waals surface area contributed by atoms with Crippen molar-refractivity contribution in [1.82, 2.24) is 5.32 Å². The highest BCUT2D eigenvalue weighted by molar-refractivity contribution is 7.12. The minimum absolute atomic E-state index is 0.132. The van der Waals surface area contributed by atoms with Crippen molar-refractivity contribution < 1.29 is 19.1 Å². The van der Waals surface area contributed by atoms with Crippen LogP contribution in [-0.4, -0.2) is 32.6 Å². The van der Waals surface area contributed by atoms with Gasteiger partial charge in [-0.2, -0.15) is 5.26 Å². The zero-order valence-corrected chi connectivity index (χ0v) is 18.1. The molecule has 30 heavy (non-hydrogen) atoms. The van der Waals surface area contributed by atoms with Gasteiger partial charge in [-0.25, -0.2) is 4.79 Å². The number of fused-ring (bicyclic) bond motifs is 1. The molecule has 7 heteroatoms. The van der Waals surface area contributed by atoms with E-state index in [1.165, 1.54) is 7.05 Å². The van der Waals surface area contributed by atoms with Crippen LogP contribution in [0.5, 0.6) is 5.75 Å². The first kappa shape index (κ1) is 21.8. The maximum atomic E-state index is 12.6. The Kier molecular flexibility index (Phi) is 7.47. The van der Waals surface area contributed by atoms with Crippen molar-refractivity contribution in [3.63, 3.8) is 0 Å². The molecule has 1 aliphatic carbocycles. The van der Waals surface area contributed by atoms with Crippen LogP contribution in [0.4, 0.5) is 4.79 Å². The Labute approximate surface area is 180 Å². The molecule has 0 saturated carbocycles. The molecule has 2 aromatic rings. The second-order valence-corrected chi connectivity index (χ2v) is 8.63. The van der Waals surface area contributed by atoms with E-state index in [-0.39, 0.29) is 11.7 Å². The molecule has 0 saturated heterocycles. The molecule has 158 valence electrons. The Bertz CT molecular complexity index is 961. The molecular formula is C23H26N2O4S. The second-order valence-electron chi connectivity index (χ2n) is 7.44. The summed E-state index contributed by atoms with van der Waals surface area (Å²) in [7, 11) is 3.17. The number of ether oxygens (including phenoxy) is 2. The van der Waals surface area contributed by atoms with Crippen molar-refractivity contribution >= 4 is 23.2 Å². The zero-order valence-electron chi connectivity index (χ0n) is 17.3. The number of carbonyl (C=O) groups is 2. The number of nitrogens with zero attached hydrogens (tertiary/aromatic N) is 1. The van der Waals surface area contributed by atoms with Crippen molar-refractivity contribution in [1.29, 1.82) is 5.26 Å². The molecule has 0 fully saturated rings. The van der Waals surface area contributed by atoms with Crippen molar-refractivity contribution in [3.8, 4) is 11.8 Å². The maximum absolute atomic E-state index is 12.6. The lowest BCUT2D eigenvalue weighted by Crippen LogP contribution is -2.25. The van der Waals surface area contributed by atoms with Gasteiger partial charge in [0.15, 0.2) is 0 Å². The van der Waals surface area contributed by atoms with Gasteiger partial charge in [-0.1, -0.05) is 12.1 Å². The number of carbonyl (C=O) groups excluding carboxylic acids is 2. The molecule has 0 spiro atoms. The monoisotopic (exact) mass is 426 g/mol. The molecule has 1 amide bonds. The number of aryl methyl sites for hydroxylation is 1. The van der Waals surface area contributed by atoms with Crippen molar-refractivity contribution in [3.05, 3.63) is 50.7 Å². The van der Waals surface area contributed by atoms with Gasteiger partial charge in [0.1, 0.15) is 17.6 Å². The number of methoxy groups -OCH3 is 1. The van der Waals surface area contributed by atoms with Crippen LogP contribution in [0.1, 0.15) is 39.3 Å². The summed E-state index contributed by atoms with van der Waals surface area (Å²) in [5.41, 5.74) is 2.82. The van der Waals surface area contributed by atoms with Crippen LogP contribution in [0, 0.1) is 17.2 Å². The Morgan fingerprint density at radius 1 is 1.37 bits per heavy atom. The molecule has 3 rings (SSSR count). The van der Waals surface area contributed by atoms with E-state index < -0.39 is 6.09 Å². The van der Waals surface area contributed by atoms with Gasteiger partial charge in [0, 0.05) is 29.6 Å². The average Bonchev–Trinajstić information content (AvgIpc) is 3.12. The summed E-state index contributed by atoms with van der Waals surface area (Å²) in [6, 6.07) is 10.1. The summed E-state index contributed by atoms with van der Waals surface area (Å²) < 4.78 is 10.4. The Balaban J connectivity index is 1.61. The predicted molar refractivity (Wildman–Crippen MR) is 115 cm³/mol. The molecular weight excluding hydrogens is 400 g/mol. The van der Waals surface area contributed by atoms with E-state index in [0.717, 1.165) is 45.9 Å². The summed E-state index contributed by atoms with van der Waals surface area (Å²) in [6.07, 6.45) is 3.40. The number of ketones is 1. The number of amides is 1. The summed E-state index contributed by atoms with van der Waals surface area (Å²) in [5.74, 6) is 1.16. The molecule has 0 bridgehead atoms. The topological polar surface area (TPSA) is 88.4 Å². The van der Waals surface area contributed by atoms with Crippen LogP contribution in [-0.2, 0) is 35.2 Å². The molecule has 1 aliphatic rings. The SMILES string of the molecule is CNC(=O)OCC1CCc2c(sc(CC(=O)CCc3cccc(OC)c3)c2C#N)C1. The minimum atomic E-state index is -0.424. The van der Waals surface area contributed by atoms with Crippen molar-refractivity contribution in [2.45, 2.75) is 38.5 Å². The number of hydrogen-bond donors (Lipinski definition) is 1. The van der Waals surface area contributed by atoms with E-state index >= 15 is 0 Å². The highest BCUT2D eigenvalue weighted by Crippen LogP contribution is 2.36. The molecule has 1 aromatic heterocycles. The predicted octanol–water partition coefficient (Wildman–Crippen LogP) is 3.83. The van der Waals surface area contributed by atoms with Gasteiger partial charge in [-0.3, -0.25) is 4.79 Å². The van der Waals surface area contributed by atoms with Gasteiger partial charge in [0.25, 0.3) is 0 Å². The van der Waals surface area contributed by atoms with E-state index in [2.05, 4.69) is 11.4 Å². The van der Waals surface area contributed by atoms with Crippen LogP contribution >= 0.6 is 11.3 Å². The van der Waals surface area contributed by atoms with Gasteiger partial charge < -0.3 is 14.8 Å². The molecule has 1 aromatic carbocycles. The zero-order chi connectivity index (χ0) is 21.5. The van der Waals surface area contributed by atoms with Crippen molar-refractivity contribution in [2.75, 3.05) is 20.8 Å². The largest absolute Gasteiger partial charge is 0.497 e. The van der Waals surface area contributed by atoms with Gasteiger partial charge in [-0.05, 0) is 54.9 Å². The third-order valence-electron chi connectivity index (χ3n) is 5.39. The smallest absolute Gasteiger partial charge is 0.406 e. The van der Waals surface area contributed by atoms with Gasteiger partial charge in [-0.15, -0.1) is 11.3 Å². The van der Waals surface area contributed by atoms with Crippen LogP contribution < -0.4 is 10.1 Å². The number of rotatable bonds is 8. The van der Waals surface area contributed by atoms with E-state index in [4.69, 9.17) is 9.47 Å². The number of nitriles is 1. The van der Waals surface area contributed by atoms with Gasteiger partial charge >= 0.3 is 6.09 Å². The van der Waals surface area contributed by atoms with Crippen molar-refractivity contribution in [2.24, 2.45) is 5.92 Å². The Morgan fingerprint density at radius 2 is 2.20 bits per heavy atom. The first-order valence-electron chi connectivity index (χ1n) is 10.1. The standard InChI is InChI=1S/C23H26N2O4S/c1-25-23(27)29-14-16-7-9-19-20(13-24)22(30-21(19)11-16)12-17(26)8-6-15-4-3-5-18(10-15)28-2/h3-5,10,16H,6-9,11-12,14H2,1-2H3,(H,25,27). The molecule has 1 N–H and O–H groups in total. The molecule has 1 heterocycles. The summed E-state index contributed by atoms with van der Waals surface area (Å²) in [5, 5.41) is 12.1. The highest BCUT2D eigenvalue weighted by atomic mass is 32.1. The normalized spacial score (nSPS) is 15.0. The van der Waals surface area contributed by atoms with Crippen LogP contribution in [0.15, 0.2) is 24.3 Å². The van der Waals surface area contributed by atoms with E-state index in [0.29, 0.717) is 31.4 Å². The number of thiophene rings is 1. The fourth-order valence-corrected chi connectivity index (χ4v) is 5.20. The van der Waals surface area contributed by atoms with Crippen LogP contribution in [0.25, 0.3) is 0 Å². The summed E-state index contributed by atoms with van der Waals surface area (Å²) in [4.78, 5) is 25.9. The lowest BCUT2D eigenvalue weighted by molar-refractivity contribution is -0.118. The highest BCUT2D eigenvalue weighted by Gasteiger charge is 2.27. The number of alkyl carbamates (subject to hydrolysis) is 1. The molecule has 0 aliphatic heterocycles. The van der Waals surface area contributed by atoms with Gasteiger partial charge in [0.2, 0.25) is 0 Å². The fourth-order valence-electron chi connectivity index (χ4n) is 3.75. The second kappa shape index (κ2) is 10.3. The van der Waals surface area contributed by atoms with E-state index in [9.17, 15) is 14.9 Å². The molecule has 0 radical (unpaired) electrons. The summed E-state index contributed by atoms with van der Waals surface area (Å²) in [6.45, 7) is 0.369. The number of hydrogen-bond acceptors (Lipinski definition) is 6. The third-order valence-corrected chi connectivity index (χ3v) is 6.65. The maximum Gasteiger partial charge on any atom is 0.406 e. The Hall–Kier alpha value is -2.85. The van der Waals surface area contributed by atoms with E-state index in [1.807, 2.05) is 24.3 Å². The minimum Gasteiger partial charge on any atom is -0.497 e. The van der Waals surface area contributed by atoms with Crippen LogP contribution in [0.2, 0.25) is 0 Å². The van der Waals surface area contributed by atoms with Crippen LogP contribution in [0.3, 0.4) is 0 Å². The van der Waals surface area contributed by atoms with Gasteiger partial charge in [0.05, 0.1) is 19.3 Å². The lowest BCUT2D eigenvalue weighted by atomic mass is 9.87. The molecule has 6 nitrogen and oxygen atoms in total. The first-order chi connectivity index (χ1) is 14.5. The lowest BCUT2D eigenvalue weighted by Gasteiger charge is -2.21. The molecule has 1 atom stereocenters.